The van der Waals surface area contributed by atoms with Gasteiger partial charge in [0.15, 0.2) is 0 Å². The van der Waals surface area contributed by atoms with E-state index in [9.17, 15) is 0 Å². The van der Waals surface area contributed by atoms with Crippen LogP contribution < -0.4 is 5.32 Å². The van der Waals surface area contributed by atoms with Crippen LogP contribution in [0.25, 0.3) is 10.9 Å². The van der Waals surface area contributed by atoms with Gasteiger partial charge in [0.1, 0.15) is 0 Å². The smallest absolute Gasteiger partial charge is 0.0913 e. The van der Waals surface area contributed by atoms with Crippen molar-refractivity contribution < 1.29 is 0 Å². The number of aromatic nitrogens is 1. The van der Waals surface area contributed by atoms with Crippen molar-refractivity contribution in [2.45, 2.75) is 33.6 Å². The Morgan fingerprint density at radius 3 is 2.58 bits per heavy atom. The molecule has 2 rings (SSSR count). The van der Waals surface area contributed by atoms with Gasteiger partial charge in [-0.2, -0.15) is 0 Å². The van der Waals surface area contributed by atoms with E-state index in [1.807, 2.05) is 13.0 Å². The minimum atomic E-state index is 0.604. The molecule has 1 aromatic heterocycles. The molecule has 0 aliphatic rings. The number of benzene rings is 1. The second-order valence-electron chi connectivity index (χ2n) is 4.61. The Morgan fingerprint density at radius 2 is 1.95 bits per heavy atom. The molecule has 0 amide bonds. The molecule has 2 aromatic rings. The van der Waals surface area contributed by atoms with E-state index >= 15 is 0 Å². The summed E-state index contributed by atoms with van der Waals surface area (Å²) >= 11 is 12.4. The van der Waals surface area contributed by atoms with Crippen molar-refractivity contribution in [1.82, 2.24) is 4.98 Å². The van der Waals surface area contributed by atoms with Gasteiger partial charge in [-0.15, -0.1) is 0 Å². The Hall–Kier alpha value is -0.990. The summed E-state index contributed by atoms with van der Waals surface area (Å²) in [4.78, 5) is 4.63. The van der Waals surface area contributed by atoms with Crippen molar-refractivity contribution in [2.24, 2.45) is 0 Å². The summed E-state index contributed by atoms with van der Waals surface area (Å²) < 4.78 is 0. The molecule has 0 aliphatic carbocycles. The summed E-state index contributed by atoms with van der Waals surface area (Å²) in [6.45, 7) is 7.24. The zero-order valence-electron chi connectivity index (χ0n) is 11.5. The van der Waals surface area contributed by atoms with Gasteiger partial charge in [-0.1, -0.05) is 37.0 Å². The van der Waals surface area contributed by atoms with Crippen LogP contribution in [0.2, 0.25) is 10.0 Å². The van der Waals surface area contributed by atoms with Gasteiger partial charge in [-0.3, -0.25) is 4.98 Å². The fourth-order valence-electron chi connectivity index (χ4n) is 2.33. The van der Waals surface area contributed by atoms with Gasteiger partial charge in [-0.05, 0) is 37.5 Å². The van der Waals surface area contributed by atoms with Crippen LogP contribution in [0.1, 0.15) is 31.5 Å². The Bertz CT molecular complexity index is 609. The number of nitrogens with zero attached hydrogens (tertiary/aromatic N) is 1. The highest BCUT2D eigenvalue weighted by Crippen LogP contribution is 2.35. The SMILES string of the molecule is CCCNc1c(CC)c(C)nc2c(Cl)cc(Cl)cc12. The van der Waals surface area contributed by atoms with Crippen LogP contribution in [0.3, 0.4) is 0 Å². The second kappa shape index (κ2) is 5.98. The second-order valence-corrected chi connectivity index (χ2v) is 5.46. The number of pyridine rings is 1. The minimum Gasteiger partial charge on any atom is -0.384 e. The summed E-state index contributed by atoms with van der Waals surface area (Å²) in [5.74, 6) is 0. The van der Waals surface area contributed by atoms with Crippen LogP contribution in [-0.2, 0) is 6.42 Å². The molecular formula is C15H18Cl2N2. The third-order valence-electron chi connectivity index (χ3n) is 3.22. The number of rotatable bonds is 4. The lowest BCUT2D eigenvalue weighted by Gasteiger charge is -2.16. The highest BCUT2D eigenvalue weighted by molar-refractivity contribution is 6.38. The van der Waals surface area contributed by atoms with E-state index in [0.717, 1.165) is 41.7 Å². The quantitative estimate of drug-likeness (QED) is 0.835. The van der Waals surface area contributed by atoms with E-state index in [1.165, 1.54) is 5.56 Å². The summed E-state index contributed by atoms with van der Waals surface area (Å²) in [5.41, 5.74) is 4.20. The molecule has 1 heterocycles. The molecule has 4 heteroatoms. The molecule has 0 bridgehead atoms. The van der Waals surface area contributed by atoms with Crippen molar-refractivity contribution in [1.29, 1.82) is 0 Å². The zero-order chi connectivity index (χ0) is 14.0. The topological polar surface area (TPSA) is 24.9 Å². The number of halogens is 2. The predicted octanol–water partition coefficient (Wildman–Crippen LogP) is 5.23. The molecule has 1 aromatic carbocycles. The number of fused-ring (bicyclic) bond motifs is 1. The largest absolute Gasteiger partial charge is 0.384 e. The maximum atomic E-state index is 6.26. The van der Waals surface area contributed by atoms with Gasteiger partial charge in [0.05, 0.1) is 10.5 Å². The van der Waals surface area contributed by atoms with Crippen LogP contribution in [0.5, 0.6) is 0 Å². The Kier molecular flexibility index (Phi) is 4.54. The lowest BCUT2D eigenvalue weighted by Crippen LogP contribution is -2.06. The lowest BCUT2D eigenvalue weighted by molar-refractivity contribution is 0.969. The third kappa shape index (κ3) is 2.80. The van der Waals surface area contributed by atoms with Gasteiger partial charge in [0.25, 0.3) is 0 Å². The lowest BCUT2D eigenvalue weighted by atomic mass is 10.0. The fourth-order valence-corrected chi connectivity index (χ4v) is 2.87. The number of hydrogen-bond acceptors (Lipinski definition) is 2. The van der Waals surface area contributed by atoms with Gasteiger partial charge < -0.3 is 5.32 Å². The molecule has 0 saturated carbocycles. The van der Waals surface area contributed by atoms with Crippen LogP contribution in [-0.4, -0.2) is 11.5 Å². The first-order chi connectivity index (χ1) is 9.08. The highest BCUT2D eigenvalue weighted by atomic mass is 35.5. The maximum Gasteiger partial charge on any atom is 0.0913 e. The van der Waals surface area contributed by atoms with E-state index in [4.69, 9.17) is 23.2 Å². The van der Waals surface area contributed by atoms with Gasteiger partial charge in [0.2, 0.25) is 0 Å². The predicted molar refractivity (Wildman–Crippen MR) is 84.7 cm³/mol. The standard InChI is InChI=1S/C15H18Cl2N2/c1-4-6-18-14-11(5-2)9(3)19-15-12(14)7-10(16)8-13(15)17/h7-8H,4-6H2,1-3H3,(H,18,19). The van der Waals surface area contributed by atoms with E-state index in [-0.39, 0.29) is 0 Å². The molecule has 0 atom stereocenters. The zero-order valence-corrected chi connectivity index (χ0v) is 13.0. The molecule has 0 unspecified atom stereocenters. The molecular weight excluding hydrogens is 279 g/mol. The van der Waals surface area contributed by atoms with Crippen LogP contribution in [0, 0.1) is 6.92 Å². The first kappa shape index (κ1) is 14.4. The first-order valence-corrected chi connectivity index (χ1v) is 7.36. The Balaban J connectivity index is 2.76. The van der Waals surface area contributed by atoms with Gasteiger partial charge in [-0.25, -0.2) is 0 Å². The molecule has 0 saturated heterocycles. The van der Waals surface area contributed by atoms with Crippen LogP contribution in [0.15, 0.2) is 12.1 Å². The number of hydrogen-bond donors (Lipinski definition) is 1. The monoisotopic (exact) mass is 296 g/mol. The van der Waals surface area contributed by atoms with Crippen LogP contribution >= 0.6 is 23.2 Å². The average molecular weight is 297 g/mol. The molecule has 0 spiro atoms. The first-order valence-electron chi connectivity index (χ1n) is 6.60. The Morgan fingerprint density at radius 1 is 1.21 bits per heavy atom. The number of aryl methyl sites for hydroxylation is 1. The number of anilines is 1. The van der Waals surface area contributed by atoms with Crippen molar-refractivity contribution in [3.8, 4) is 0 Å². The average Bonchev–Trinajstić information content (AvgIpc) is 2.37. The summed E-state index contributed by atoms with van der Waals surface area (Å²) in [5, 5.41) is 5.75. The fraction of sp³-hybridized carbons (Fsp3) is 0.400. The van der Waals surface area contributed by atoms with Gasteiger partial charge in [0, 0.05) is 28.3 Å². The Labute approximate surface area is 124 Å². The van der Waals surface area contributed by atoms with Crippen molar-refractivity contribution in [3.05, 3.63) is 33.4 Å². The molecule has 0 radical (unpaired) electrons. The van der Waals surface area contributed by atoms with Gasteiger partial charge >= 0.3 is 0 Å². The highest BCUT2D eigenvalue weighted by Gasteiger charge is 2.13. The summed E-state index contributed by atoms with van der Waals surface area (Å²) in [7, 11) is 0. The third-order valence-corrected chi connectivity index (χ3v) is 3.73. The molecule has 1 N–H and O–H groups in total. The molecule has 19 heavy (non-hydrogen) atoms. The minimum absolute atomic E-state index is 0.604. The van der Waals surface area contributed by atoms with E-state index < -0.39 is 0 Å². The summed E-state index contributed by atoms with van der Waals surface area (Å²) in [6, 6.07) is 3.68. The molecule has 0 aliphatic heterocycles. The molecule has 0 fully saturated rings. The van der Waals surface area contributed by atoms with Crippen molar-refractivity contribution in [2.75, 3.05) is 11.9 Å². The van der Waals surface area contributed by atoms with Crippen molar-refractivity contribution in [3.63, 3.8) is 0 Å². The molecule has 102 valence electrons. The molecule has 2 nitrogen and oxygen atoms in total. The maximum absolute atomic E-state index is 6.26. The van der Waals surface area contributed by atoms with Crippen molar-refractivity contribution >= 4 is 39.8 Å². The van der Waals surface area contributed by atoms with E-state index in [1.54, 1.807) is 6.07 Å². The van der Waals surface area contributed by atoms with E-state index in [2.05, 4.69) is 24.1 Å². The van der Waals surface area contributed by atoms with Crippen LogP contribution in [0.4, 0.5) is 5.69 Å². The summed E-state index contributed by atoms with van der Waals surface area (Å²) in [6.07, 6.45) is 2.01. The number of nitrogens with one attached hydrogen (secondary N) is 1. The normalized spacial score (nSPS) is 11.0. The van der Waals surface area contributed by atoms with E-state index in [0.29, 0.717) is 10.0 Å².